The number of aromatic nitrogens is 3. The highest BCUT2D eigenvalue weighted by Crippen LogP contribution is 2.25. The first-order valence-corrected chi connectivity index (χ1v) is 7.53. The number of primary amides is 1. The Morgan fingerprint density at radius 3 is 2.64 bits per heavy atom. The smallest absolute Gasteiger partial charge is 0.314 e. The van der Waals surface area contributed by atoms with E-state index in [1.54, 1.807) is 0 Å². The summed E-state index contributed by atoms with van der Waals surface area (Å²) in [6.45, 7) is 4.44. The van der Waals surface area contributed by atoms with Gasteiger partial charge in [0.15, 0.2) is 5.82 Å². The van der Waals surface area contributed by atoms with Crippen LogP contribution in [0.1, 0.15) is 16.8 Å². The van der Waals surface area contributed by atoms with Gasteiger partial charge in [-0.15, -0.1) is 0 Å². The molecule has 0 saturated carbocycles. The van der Waals surface area contributed by atoms with Crippen molar-refractivity contribution in [1.82, 2.24) is 20.3 Å². The van der Waals surface area contributed by atoms with Crippen LogP contribution in [0.2, 0.25) is 0 Å². The number of fused-ring (bicyclic) bond motifs is 1. The van der Waals surface area contributed by atoms with Gasteiger partial charge in [-0.05, 0) is 12.5 Å². The van der Waals surface area contributed by atoms with Crippen molar-refractivity contribution in [3.05, 3.63) is 45.1 Å². The lowest BCUT2D eigenvalue weighted by Crippen LogP contribution is -2.36. The summed E-state index contributed by atoms with van der Waals surface area (Å²) in [4.78, 5) is 57.2. The zero-order valence-electron chi connectivity index (χ0n) is 13.2. The fraction of sp³-hybridized carbons (Fsp3) is 0.267. The molecule has 1 aliphatic heterocycles. The maximum Gasteiger partial charge on any atom is 0.314 e. The summed E-state index contributed by atoms with van der Waals surface area (Å²) in [6.07, 6.45) is 3.12. The second kappa shape index (κ2) is 6.23. The van der Waals surface area contributed by atoms with Gasteiger partial charge in [-0.2, -0.15) is 0 Å². The molecule has 2 aromatic heterocycles. The first kappa shape index (κ1) is 16.4. The number of hydrogen-bond acceptors (Lipinski definition) is 6. The molecule has 25 heavy (non-hydrogen) atoms. The first-order chi connectivity index (χ1) is 11.9. The number of nitrogens with two attached hydrogens (primary N) is 1. The Bertz CT molecular complexity index is 992. The van der Waals surface area contributed by atoms with Crippen molar-refractivity contribution in [3.8, 4) is 0 Å². The molecule has 10 nitrogen and oxygen atoms in total. The van der Waals surface area contributed by atoms with Crippen LogP contribution in [0.4, 0.5) is 5.82 Å². The number of nitrogens with one attached hydrogen (secondary N) is 3. The SMILES string of the molecule is C=CC(=O)N[C@@H]1CCN(c2ncc(C(N)=O)c3[nH]c(=O)c(=O)[nH]c23)C1. The molecular weight excluding hydrogens is 328 g/mol. The summed E-state index contributed by atoms with van der Waals surface area (Å²) in [7, 11) is 0. The molecule has 1 atom stereocenters. The highest BCUT2D eigenvalue weighted by atomic mass is 16.2. The molecule has 5 N–H and O–H groups in total. The van der Waals surface area contributed by atoms with Crippen LogP contribution in [0.3, 0.4) is 0 Å². The lowest BCUT2D eigenvalue weighted by molar-refractivity contribution is -0.117. The predicted molar refractivity (Wildman–Crippen MR) is 90.5 cm³/mol. The molecule has 3 rings (SSSR count). The van der Waals surface area contributed by atoms with E-state index in [1.807, 2.05) is 4.90 Å². The summed E-state index contributed by atoms with van der Waals surface area (Å²) >= 11 is 0. The molecule has 0 aromatic carbocycles. The van der Waals surface area contributed by atoms with Gasteiger partial charge in [-0.3, -0.25) is 19.2 Å². The number of carbonyl (C=O) groups excluding carboxylic acids is 2. The number of rotatable bonds is 4. The molecule has 1 fully saturated rings. The number of carbonyl (C=O) groups is 2. The molecule has 130 valence electrons. The second-order valence-electron chi connectivity index (χ2n) is 5.66. The van der Waals surface area contributed by atoms with E-state index in [0.717, 1.165) is 0 Å². The molecule has 3 heterocycles. The zero-order chi connectivity index (χ0) is 18.1. The van der Waals surface area contributed by atoms with Gasteiger partial charge in [-0.1, -0.05) is 6.58 Å². The van der Waals surface area contributed by atoms with E-state index in [9.17, 15) is 19.2 Å². The maximum atomic E-state index is 11.7. The van der Waals surface area contributed by atoms with Crippen molar-refractivity contribution < 1.29 is 9.59 Å². The Morgan fingerprint density at radius 2 is 2.00 bits per heavy atom. The molecule has 2 amide bonds. The molecule has 1 aliphatic rings. The van der Waals surface area contributed by atoms with E-state index >= 15 is 0 Å². The number of aromatic amines is 2. The van der Waals surface area contributed by atoms with E-state index in [-0.39, 0.29) is 28.5 Å². The van der Waals surface area contributed by atoms with Crippen LogP contribution < -0.4 is 27.1 Å². The third-order valence-corrected chi connectivity index (χ3v) is 4.03. The van der Waals surface area contributed by atoms with Gasteiger partial charge >= 0.3 is 11.1 Å². The summed E-state index contributed by atoms with van der Waals surface area (Å²) < 4.78 is 0. The third kappa shape index (κ3) is 3.01. The number of H-pyrrole nitrogens is 2. The molecule has 0 unspecified atom stereocenters. The Morgan fingerprint density at radius 1 is 1.32 bits per heavy atom. The fourth-order valence-electron chi connectivity index (χ4n) is 2.85. The van der Waals surface area contributed by atoms with Gasteiger partial charge in [0, 0.05) is 25.3 Å². The van der Waals surface area contributed by atoms with Crippen molar-refractivity contribution in [2.24, 2.45) is 5.73 Å². The van der Waals surface area contributed by atoms with Crippen LogP contribution in [0.15, 0.2) is 28.4 Å². The number of amides is 2. The molecular formula is C15H16N6O4. The van der Waals surface area contributed by atoms with Crippen molar-refractivity contribution in [1.29, 1.82) is 0 Å². The van der Waals surface area contributed by atoms with Crippen LogP contribution in [0, 0.1) is 0 Å². The fourth-order valence-corrected chi connectivity index (χ4v) is 2.85. The topological polar surface area (TPSA) is 154 Å². The monoisotopic (exact) mass is 344 g/mol. The molecule has 0 spiro atoms. The standard InChI is InChI=1S/C15H16N6O4/c1-2-9(22)18-7-3-4-21(6-7)13-11-10(8(5-17-13)12(16)23)19-14(24)15(25)20-11/h2,5,7H,1,3-4,6H2,(H2,16,23)(H,18,22)(H,19,24)(H,20,25)/t7-/m1/s1. The van der Waals surface area contributed by atoms with Crippen LogP contribution in [-0.2, 0) is 4.79 Å². The lowest BCUT2D eigenvalue weighted by Gasteiger charge is -2.19. The van der Waals surface area contributed by atoms with Gasteiger partial charge in [0.1, 0.15) is 5.52 Å². The van der Waals surface area contributed by atoms with E-state index in [4.69, 9.17) is 5.73 Å². The Kier molecular flexibility index (Phi) is 4.09. The van der Waals surface area contributed by atoms with E-state index in [1.165, 1.54) is 12.3 Å². The third-order valence-electron chi connectivity index (χ3n) is 4.03. The van der Waals surface area contributed by atoms with Gasteiger partial charge < -0.3 is 25.9 Å². The largest absolute Gasteiger partial charge is 0.365 e. The zero-order valence-corrected chi connectivity index (χ0v) is 13.2. The van der Waals surface area contributed by atoms with Crippen molar-refractivity contribution >= 4 is 28.7 Å². The summed E-state index contributed by atoms with van der Waals surface area (Å²) in [5.74, 6) is -0.653. The van der Waals surface area contributed by atoms with Crippen molar-refractivity contribution in [2.45, 2.75) is 12.5 Å². The number of anilines is 1. The Hall–Kier alpha value is -3.43. The normalized spacial score (nSPS) is 16.8. The van der Waals surface area contributed by atoms with Crippen LogP contribution in [0.5, 0.6) is 0 Å². The average Bonchev–Trinajstić information content (AvgIpc) is 3.02. The summed E-state index contributed by atoms with van der Waals surface area (Å²) in [5.41, 5.74) is 3.91. The first-order valence-electron chi connectivity index (χ1n) is 7.53. The quantitative estimate of drug-likeness (QED) is 0.395. The maximum absolute atomic E-state index is 11.7. The van der Waals surface area contributed by atoms with Crippen molar-refractivity contribution in [2.75, 3.05) is 18.0 Å². The van der Waals surface area contributed by atoms with Crippen LogP contribution in [0.25, 0.3) is 11.0 Å². The average molecular weight is 344 g/mol. The highest BCUT2D eigenvalue weighted by molar-refractivity contribution is 6.05. The number of hydrogen-bond donors (Lipinski definition) is 4. The highest BCUT2D eigenvalue weighted by Gasteiger charge is 2.27. The van der Waals surface area contributed by atoms with Gasteiger partial charge in [-0.25, -0.2) is 4.98 Å². The minimum absolute atomic E-state index is 0.00260. The Labute approximate surface area is 140 Å². The van der Waals surface area contributed by atoms with Crippen LogP contribution in [-0.4, -0.2) is 45.9 Å². The van der Waals surface area contributed by atoms with Gasteiger partial charge in [0.25, 0.3) is 5.91 Å². The number of nitrogens with zero attached hydrogens (tertiary/aromatic N) is 2. The molecule has 10 heteroatoms. The van der Waals surface area contributed by atoms with E-state index < -0.39 is 17.0 Å². The lowest BCUT2D eigenvalue weighted by atomic mass is 10.2. The Balaban J connectivity index is 2.04. The van der Waals surface area contributed by atoms with Crippen LogP contribution >= 0.6 is 0 Å². The van der Waals surface area contributed by atoms with E-state index in [2.05, 4.69) is 26.8 Å². The molecule has 0 radical (unpaired) electrons. The minimum Gasteiger partial charge on any atom is -0.365 e. The number of pyridine rings is 1. The molecule has 1 saturated heterocycles. The summed E-state index contributed by atoms with van der Waals surface area (Å²) in [6, 6.07) is -0.104. The van der Waals surface area contributed by atoms with Gasteiger partial charge in [0.05, 0.1) is 11.1 Å². The van der Waals surface area contributed by atoms with Crippen molar-refractivity contribution in [3.63, 3.8) is 0 Å². The van der Waals surface area contributed by atoms with E-state index in [0.29, 0.717) is 25.3 Å². The second-order valence-corrected chi connectivity index (χ2v) is 5.66. The molecule has 0 aliphatic carbocycles. The molecule has 0 bridgehead atoms. The predicted octanol–water partition coefficient (Wildman–Crippen LogP) is -1.41. The summed E-state index contributed by atoms with van der Waals surface area (Å²) in [5, 5.41) is 2.80. The minimum atomic E-state index is -0.885. The molecule has 2 aromatic rings. The van der Waals surface area contributed by atoms with Gasteiger partial charge in [0.2, 0.25) is 5.91 Å².